The molecule has 0 fully saturated rings. The highest BCUT2D eigenvalue weighted by atomic mass is 35.5. The van der Waals surface area contributed by atoms with Gasteiger partial charge >= 0.3 is 0 Å². The second kappa shape index (κ2) is 8.26. The molecule has 0 spiro atoms. The lowest BCUT2D eigenvalue weighted by Gasteiger charge is -2.15. The molecular weight excluding hydrogens is 369 g/mol. The number of hydrogen-bond donors (Lipinski definition) is 1. The van der Waals surface area contributed by atoms with Gasteiger partial charge in [-0.25, -0.2) is 0 Å². The zero-order valence-electron chi connectivity index (χ0n) is 14.1. The SMILES string of the molecule is CC(Oc1ccc(-c2ccccc2)cc1)C(=O)Nc1ccc(Cl)cc1Cl. The largest absolute Gasteiger partial charge is 0.481 e. The van der Waals surface area contributed by atoms with E-state index in [-0.39, 0.29) is 5.91 Å². The standard InChI is InChI=1S/C21H17Cl2NO2/c1-14(21(25)24-20-12-9-17(22)13-19(20)23)26-18-10-7-16(8-11-18)15-5-3-2-4-6-15/h2-14H,1H3,(H,24,25). The summed E-state index contributed by atoms with van der Waals surface area (Å²) in [7, 11) is 0. The average Bonchev–Trinajstić information content (AvgIpc) is 2.65. The minimum atomic E-state index is -0.677. The van der Waals surface area contributed by atoms with Crippen LogP contribution in [0.15, 0.2) is 72.8 Å². The summed E-state index contributed by atoms with van der Waals surface area (Å²) in [5.74, 6) is 0.330. The Morgan fingerprint density at radius 1 is 0.923 bits per heavy atom. The molecule has 3 aromatic carbocycles. The van der Waals surface area contributed by atoms with E-state index in [1.165, 1.54) is 0 Å². The van der Waals surface area contributed by atoms with Gasteiger partial charge in [-0.1, -0.05) is 65.7 Å². The highest BCUT2D eigenvalue weighted by Gasteiger charge is 2.16. The number of carbonyl (C=O) groups excluding carboxylic acids is 1. The molecule has 1 unspecified atom stereocenters. The summed E-state index contributed by atoms with van der Waals surface area (Å²) in [4.78, 5) is 12.3. The molecule has 3 rings (SSSR count). The Hall–Kier alpha value is -2.49. The van der Waals surface area contributed by atoms with Crippen LogP contribution in [0, 0.1) is 0 Å². The molecule has 0 aliphatic rings. The molecule has 1 N–H and O–H groups in total. The van der Waals surface area contributed by atoms with Gasteiger partial charge in [0.1, 0.15) is 5.75 Å². The lowest BCUT2D eigenvalue weighted by atomic mass is 10.1. The van der Waals surface area contributed by atoms with Crippen LogP contribution in [0.25, 0.3) is 11.1 Å². The van der Waals surface area contributed by atoms with E-state index in [0.717, 1.165) is 11.1 Å². The predicted octanol–water partition coefficient (Wildman–Crippen LogP) is 6.07. The lowest BCUT2D eigenvalue weighted by Crippen LogP contribution is -2.30. The zero-order chi connectivity index (χ0) is 18.5. The topological polar surface area (TPSA) is 38.3 Å². The minimum absolute atomic E-state index is 0.290. The van der Waals surface area contributed by atoms with Gasteiger partial charge in [0, 0.05) is 5.02 Å². The van der Waals surface area contributed by atoms with E-state index < -0.39 is 6.10 Å². The van der Waals surface area contributed by atoms with Crippen LogP contribution in [0.2, 0.25) is 10.0 Å². The van der Waals surface area contributed by atoms with Crippen LogP contribution in [-0.4, -0.2) is 12.0 Å². The third kappa shape index (κ3) is 4.57. The maximum atomic E-state index is 12.3. The molecule has 1 amide bonds. The summed E-state index contributed by atoms with van der Waals surface area (Å²) in [6.45, 7) is 1.68. The fourth-order valence-corrected chi connectivity index (χ4v) is 2.90. The van der Waals surface area contributed by atoms with Crippen molar-refractivity contribution in [2.75, 3.05) is 5.32 Å². The van der Waals surface area contributed by atoms with Crippen LogP contribution >= 0.6 is 23.2 Å². The van der Waals surface area contributed by atoms with Crippen molar-refractivity contribution in [3.8, 4) is 16.9 Å². The summed E-state index contributed by atoms with van der Waals surface area (Å²) in [6.07, 6.45) is -0.677. The lowest BCUT2D eigenvalue weighted by molar-refractivity contribution is -0.122. The number of rotatable bonds is 5. The number of halogens is 2. The second-order valence-corrected chi connectivity index (χ2v) is 6.61. The molecule has 3 nitrogen and oxygen atoms in total. The molecule has 26 heavy (non-hydrogen) atoms. The molecular formula is C21H17Cl2NO2. The maximum Gasteiger partial charge on any atom is 0.265 e. The first-order valence-electron chi connectivity index (χ1n) is 8.11. The quantitative estimate of drug-likeness (QED) is 0.578. The highest BCUT2D eigenvalue weighted by molar-refractivity contribution is 6.36. The molecule has 0 saturated heterocycles. The summed E-state index contributed by atoms with van der Waals surface area (Å²) < 4.78 is 5.72. The van der Waals surface area contributed by atoms with Crippen LogP contribution in [0.5, 0.6) is 5.75 Å². The van der Waals surface area contributed by atoms with Gasteiger partial charge in [0.25, 0.3) is 5.91 Å². The van der Waals surface area contributed by atoms with E-state index >= 15 is 0 Å². The first kappa shape index (κ1) is 18.3. The Morgan fingerprint density at radius 3 is 2.23 bits per heavy atom. The molecule has 0 heterocycles. The Kier molecular flexibility index (Phi) is 5.82. The summed E-state index contributed by atoms with van der Waals surface area (Å²) >= 11 is 11.9. The van der Waals surface area contributed by atoms with Crippen molar-refractivity contribution in [2.24, 2.45) is 0 Å². The van der Waals surface area contributed by atoms with E-state index in [4.69, 9.17) is 27.9 Å². The zero-order valence-corrected chi connectivity index (χ0v) is 15.6. The van der Waals surface area contributed by atoms with Gasteiger partial charge in [0.05, 0.1) is 10.7 Å². The van der Waals surface area contributed by atoms with E-state index in [9.17, 15) is 4.79 Å². The van der Waals surface area contributed by atoms with Gasteiger partial charge in [0.15, 0.2) is 6.10 Å². The number of hydrogen-bond acceptors (Lipinski definition) is 2. The van der Waals surface area contributed by atoms with Crippen molar-refractivity contribution in [1.82, 2.24) is 0 Å². The molecule has 0 aliphatic heterocycles. The molecule has 0 aliphatic carbocycles. The monoisotopic (exact) mass is 385 g/mol. The Bertz CT molecular complexity index is 896. The van der Waals surface area contributed by atoms with E-state index in [1.807, 2.05) is 54.6 Å². The fraction of sp³-hybridized carbons (Fsp3) is 0.0952. The number of anilines is 1. The van der Waals surface area contributed by atoms with Crippen molar-refractivity contribution in [1.29, 1.82) is 0 Å². The normalized spacial score (nSPS) is 11.7. The van der Waals surface area contributed by atoms with Crippen molar-refractivity contribution in [3.63, 3.8) is 0 Å². The van der Waals surface area contributed by atoms with Crippen molar-refractivity contribution in [3.05, 3.63) is 82.8 Å². The van der Waals surface area contributed by atoms with Crippen molar-refractivity contribution < 1.29 is 9.53 Å². The minimum Gasteiger partial charge on any atom is -0.481 e. The summed E-state index contributed by atoms with van der Waals surface area (Å²) in [6, 6.07) is 22.6. The summed E-state index contributed by atoms with van der Waals surface area (Å²) in [5, 5.41) is 3.63. The van der Waals surface area contributed by atoms with E-state index in [0.29, 0.717) is 21.5 Å². The van der Waals surface area contributed by atoms with Gasteiger partial charge in [-0.2, -0.15) is 0 Å². The first-order valence-corrected chi connectivity index (χ1v) is 8.86. The molecule has 5 heteroatoms. The number of nitrogens with one attached hydrogen (secondary N) is 1. The number of carbonyl (C=O) groups is 1. The van der Waals surface area contributed by atoms with Gasteiger partial charge in [-0.15, -0.1) is 0 Å². The average molecular weight is 386 g/mol. The first-order chi connectivity index (χ1) is 12.5. The van der Waals surface area contributed by atoms with E-state index in [1.54, 1.807) is 25.1 Å². The van der Waals surface area contributed by atoms with Crippen LogP contribution in [-0.2, 0) is 4.79 Å². The number of amides is 1. The third-order valence-electron chi connectivity index (χ3n) is 3.83. The van der Waals surface area contributed by atoms with E-state index in [2.05, 4.69) is 5.32 Å². The van der Waals surface area contributed by atoms with Crippen LogP contribution < -0.4 is 10.1 Å². The Labute approximate surface area is 162 Å². The van der Waals surface area contributed by atoms with Crippen LogP contribution in [0.4, 0.5) is 5.69 Å². The molecule has 0 aromatic heterocycles. The second-order valence-electron chi connectivity index (χ2n) is 5.76. The molecule has 0 bridgehead atoms. The summed E-state index contributed by atoms with van der Waals surface area (Å²) in [5.41, 5.74) is 2.71. The number of ether oxygens (including phenoxy) is 1. The fourth-order valence-electron chi connectivity index (χ4n) is 2.44. The molecule has 0 radical (unpaired) electrons. The highest BCUT2D eigenvalue weighted by Crippen LogP contribution is 2.26. The molecule has 1 atom stereocenters. The van der Waals surface area contributed by atoms with Gasteiger partial charge < -0.3 is 10.1 Å². The van der Waals surface area contributed by atoms with Crippen molar-refractivity contribution in [2.45, 2.75) is 13.0 Å². The molecule has 3 aromatic rings. The predicted molar refractivity (Wildman–Crippen MR) is 107 cm³/mol. The van der Waals surface area contributed by atoms with Gasteiger partial charge in [0.2, 0.25) is 0 Å². The van der Waals surface area contributed by atoms with Gasteiger partial charge in [-0.3, -0.25) is 4.79 Å². The molecule has 0 saturated carbocycles. The number of benzene rings is 3. The van der Waals surface area contributed by atoms with Crippen LogP contribution in [0.1, 0.15) is 6.92 Å². The molecule has 132 valence electrons. The Morgan fingerprint density at radius 2 is 1.58 bits per heavy atom. The Balaban J connectivity index is 1.63. The van der Waals surface area contributed by atoms with Gasteiger partial charge in [-0.05, 0) is 48.4 Å². The van der Waals surface area contributed by atoms with Crippen molar-refractivity contribution >= 4 is 34.8 Å². The third-order valence-corrected chi connectivity index (χ3v) is 4.38. The smallest absolute Gasteiger partial charge is 0.265 e. The van der Waals surface area contributed by atoms with Crippen LogP contribution in [0.3, 0.4) is 0 Å². The maximum absolute atomic E-state index is 12.3.